The van der Waals surface area contributed by atoms with E-state index < -0.39 is 51.7 Å². The predicted molar refractivity (Wildman–Crippen MR) is 73.4 cm³/mol. The number of benzene rings is 2. The van der Waals surface area contributed by atoms with Crippen LogP contribution in [0.5, 0.6) is 28.7 Å². The van der Waals surface area contributed by atoms with Gasteiger partial charge in [-0.3, -0.25) is 9.59 Å². The van der Waals surface area contributed by atoms with Crippen LogP contribution in [-0.4, -0.2) is 37.1 Å². The first-order chi connectivity index (χ1) is 10.7. The number of aromatic hydroxyl groups is 4. The third-order valence-corrected chi connectivity index (χ3v) is 3.43. The molecule has 1 atom stereocenters. The van der Waals surface area contributed by atoms with E-state index in [1.165, 1.54) is 0 Å². The molecule has 0 amide bonds. The number of phenolic OH excluding ortho intramolecular Hbond substituents is 4. The number of rotatable bonds is 1. The highest BCUT2D eigenvalue weighted by molar-refractivity contribution is 6.47. The van der Waals surface area contributed by atoms with E-state index in [4.69, 9.17) is 4.74 Å². The van der Waals surface area contributed by atoms with Crippen LogP contribution in [0.15, 0.2) is 30.3 Å². The lowest BCUT2D eigenvalue weighted by molar-refractivity contribution is -0.173. The molecular formula is C15H10O8. The fraction of sp³-hybridized carbons (Fsp3) is 0.0667. The smallest absolute Gasteiger partial charge is 0.303 e. The lowest BCUT2D eigenvalue weighted by Crippen LogP contribution is -2.48. The molecule has 0 unspecified atom stereocenters. The molecule has 3 rings (SSSR count). The van der Waals surface area contributed by atoms with Crippen LogP contribution in [0.4, 0.5) is 0 Å². The first-order valence-electron chi connectivity index (χ1n) is 6.33. The Kier molecular flexibility index (Phi) is 2.94. The van der Waals surface area contributed by atoms with Crippen LogP contribution in [0.2, 0.25) is 0 Å². The van der Waals surface area contributed by atoms with E-state index in [-0.39, 0.29) is 5.56 Å². The highest BCUT2D eigenvalue weighted by Gasteiger charge is 2.51. The molecule has 0 saturated heterocycles. The Morgan fingerprint density at radius 2 is 1.57 bits per heavy atom. The number of hydrogen-bond acceptors (Lipinski definition) is 8. The number of ketones is 2. The van der Waals surface area contributed by atoms with Crippen molar-refractivity contribution in [3.63, 3.8) is 0 Å². The fourth-order valence-corrected chi connectivity index (χ4v) is 2.29. The minimum absolute atomic E-state index is 0.306. The number of Topliss-reactive ketones (excluding diaryl/α,β-unsaturated/α-hetero) is 2. The molecule has 0 saturated carbocycles. The van der Waals surface area contributed by atoms with Crippen molar-refractivity contribution in [2.75, 3.05) is 0 Å². The van der Waals surface area contributed by atoms with Crippen molar-refractivity contribution in [3.8, 4) is 28.7 Å². The zero-order valence-corrected chi connectivity index (χ0v) is 11.3. The van der Waals surface area contributed by atoms with Crippen LogP contribution >= 0.6 is 0 Å². The second-order valence-electron chi connectivity index (χ2n) is 4.95. The highest BCUT2D eigenvalue weighted by atomic mass is 16.6. The number of ether oxygens (including phenoxy) is 1. The zero-order valence-electron chi connectivity index (χ0n) is 11.3. The summed E-state index contributed by atoms with van der Waals surface area (Å²) in [4.78, 5) is 24.3. The molecule has 0 bridgehead atoms. The molecule has 23 heavy (non-hydrogen) atoms. The van der Waals surface area contributed by atoms with Gasteiger partial charge in [-0.25, -0.2) is 0 Å². The van der Waals surface area contributed by atoms with Crippen molar-refractivity contribution >= 4 is 11.6 Å². The van der Waals surface area contributed by atoms with Crippen molar-refractivity contribution < 1.29 is 39.9 Å². The van der Waals surface area contributed by atoms with Crippen LogP contribution in [0.25, 0.3) is 0 Å². The summed E-state index contributed by atoms with van der Waals surface area (Å²) in [5, 5.41) is 48.4. The molecule has 5 N–H and O–H groups in total. The largest absolute Gasteiger partial charge is 0.508 e. The summed E-state index contributed by atoms with van der Waals surface area (Å²) in [5.41, 5.74) is -0.792. The molecule has 118 valence electrons. The molecule has 8 heteroatoms. The van der Waals surface area contributed by atoms with E-state index in [2.05, 4.69) is 0 Å². The fourth-order valence-electron chi connectivity index (χ4n) is 2.29. The van der Waals surface area contributed by atoms with Crippen molar-refractivity contribution in [1.82, 2.24) is 0 Å². The summed E-state index contributed by atoms with van der Waals surface area (Å²) < 4.78 is 5.12. The molecule has 0 fully saturated rings. The van der Waals surface area contributed by atoms with Gasteiger partial charge in [-0.15, -0.1) is 0 Å². The Balaban J connectivity index is 2.19. The molecular weight excluding hydrogens is 308 g/mol. The molecule has 2 aromatic carbocycles. The summed E-state index contributed by atoms with van der Waals surface area (Å²) in [6, 6.07) is 4.73. The number of carbonyl (C=O) groups is 2. The molecule has 0 radical (unpaired) electrons. The molecule has 0 spiro atoms. The first-order valence-corrected chi connectivity index (χ1v) is 6.33. The average Bonchev–Trinajstić information content (AvgIpc) is 2.46. The van der Waals surface area contributed by atoms with E-state index in [1.54, 1.807) is 0 Å². The Morgan fingerprint density at radius 1 is 0.870 bits per heavy atom. The number of carbonyl (C=O) groups excluding carboxylic acids is 2. The van der Waals surface area contributed by atoms with Gasteiger partial charge >= 0.3 is 5.79 Å². The van der Waals surface area contributed by atoms with Crippen molar-refractivity contribution in [2.24, 2.45) is 0 Å². The number of aliphatic hydroxyl groups is 1. The van der Waals surface area contributed by atoms with Crippen LogP contribution in [0.1, 0.15) is 15.9 Å². The van der Waals surface area contributed by atoms with Crippen LogP contribution < -0.4 is 4.74 Å². The van der Waals surface area contributed by atoms with Gasteiger partial charge in [-0.05, 0) is 18.2 Å². The summed E-state index contributed by atoms with van der Waals surface area (Å²) in [6.07, 6.45) is 0. The Bertz CT molecular complexity index is 857. The Morgan fingerprint density at radius 3 is 2.22 bits per heavy atom. The maximum Gasteiger partial charge on any atom is 0.303 e. The molecule has 8 nitrogen and oxygen atoms in total. The highest BCUT2D eigenvalue weighted by Crippen LogP contribution is 2.43. The molecule has 1 aliphatic rings. The maximum atomic E-state index is 12.2. The maximum absolute atomic E-state index is 12.2. The van der Waals surface area contributed by atoms with Crippen LogP contribution in [0, 0.1) is 0 Å². The monoisotopic (exact) mass is 318 g/mol. The molecule has 0 aliphatic carbocycles. The zero-order chi connectivity index (χ0) is 16.9. The molecule has 0 aromatic heterocycles. The van der Waals surface area contributed by atoms with E-state index in [9.17, 15) is 35.1 Å². The third-order valence-electron chi connectivity index (χ3n) is 3.43. The average molecular weight is 318 g/mol. The van der Waals surface area contributed by atoms with Crippen molar-refractivity contribution in [3.05, 3.63) is 41.5 Å². The SMILES string of the molecule is O=C1C(=O)[C@@](O)(c2ccc(O)c(O)c2)Oc2cc(O)cc(O)c21. The number of fused-ring (bicyclic) bond motifs is 1. The molecule has 2 aromatic rings. The second kappa shape index (κ2) is 4.62. The standard InChI is InChI=1S/C15H10O8/c16-7-4-10(19)12-11(5-7)23-15(22,14(21)13(12)20)6-1-2-8(17)9(18)3-6/h1-5,16-19,22H/t15-/m1/s1. The van der Waals surface area contributed by atoms with Gasteiger partial charge in [0.05, 0.1) is 0 Å². The van der Waals surface area contributed by atoms with Gasteiger partial charge in [-0.2, -0.15) is 0 Å². The van der Waals surface area contributed by atoms with Gasteiger partial charge in [0.15, 0.2) is 11.5 Å². The number of phenols is 4. The normalized spacial score (nSPS) is 20.0. The Hall–Kier alpha value is -3.26. The summed E-state index contributed by atoms with van der Waals surface area (Å²) in [6.45, 7) is 0. The lowest BCUT2D eigenvalue weighted by Gasteiger charge is -2.32. The van der Waals surface area contributed by atoms with Crippen LogP contribution in [0.3, 0.4) is 0 Å². The van der Waals surface area contributed by atoms with Gasteiger partial charge < -0.3 is 30.3 Å². The van der Waals surface area contributed by atoms with E-state index in [1.807, 2.05) is 0 Å². The minimum atomic E-state index is -2.77. The van der Waals surface area contributed by atoms with E-state index >= 15 is 0 Å². The van der Waals surface area contributed by atoms with E-state index in [0.717, 1.165) is 30.3 Å². The van der Waals surface area contributed by atoms with Gasteiger partial charge in [0, 0.05) is 17.7 Å². The Labute approximate surface area is 128 Å². The first kappa shape index (κ1) is 14.7. The minimum Gasteiger partial charge on any atom is -0.508 e. The second-order valence-corrected chi connectivity index (χ2v) is 4.95. The van der Waals surface area contributed by atoms with Gasteiger partial charge in [0.2, 0.25) is 5.78 Å². The lowest BCUT2D eigenvalue weighted by atomic mass is 9.91. The van der Waals surface area contributed by atoms with Crippen molar-refractivity contribution in [1.29, 1.82) is 0 Å². The summed E-state index contributed by atoms with van der Waals surface area (Å²) >= 11 is 0. The van der Waals surface area contributed by atoms with Crippen molar-refractivity contribution in [2.45, 2.75) is 5.79 Å². The van der Waals surface area contributed by atoms with E-state index in [0.29, 0.717) is 0 Å². The predicted octanol–water partition coefficient (Wildman–Crippen LogP) is 0.498. The summed E-state index contributed by atoms with van der Waals surface area (Å²) in [5.74, 6) is -8.03. The van der Waals surface area contributed by atoms with Gasteiger partial charge in [0.25, 0.3) is 5.78 Å². The number of hydrogen-bond donors (Lipinski definition) is 5. The van der Waals surface area contributed by atoms with Gasteiger partial charge in [0.1, 0.15) is 22.8 Å². The third kappa shape index (κ3) is 2.04. The molecule has 1 aliphatic heterocycles. The van der Waals surface area contributed by atoms with Crippen LogP contribution in [-0.2, 0) is 10.6 Å². The van der Waals surface area contributed by atoms with Gasteiger partial charge in [-0.1, -0.05) is 0 Å². The molecule has 1 heterocycles. The summed E-state index contributed by atoms with van der Waals surface area (Å²) in [7, 11) is 0. The quantitative estimate of drug-likeness (QED) is 0.377. The topological polar surface area (TPSA) is 145 Å².